The molecule has 3 rings (SSSR count). The first-order valence-corrected chi connectivity index (χ1v) is 10.7. The van der Waals surface area contributed by atoms with E-state index in [1.165, 1.54) is 17.1 Å². The highest BCUT2D eigenvalue weighted by Gasteiger charge is 2.20. The Labute approximate surface area is 191 Å². The number of esters is 1. The van der Waals surface area contributed by atoms with Crippen LogP contribution in [0.4, 0.5) is 5.69 Å². The summed E-state index contributed by atoms with van der Waals surface area (Å²) in [4.78, 5) is 37.7. The minimum Gasteiger partial charge on any atom is -0.454 e. The van der Waals surface area contributed by atoms with E-state index in [9.17, 15) is 14.4 Å². The van der Waals surface area contributed by atoms with Gasteiger partial charge in [0.15, 0.2) is 6.61 Å². The smallest absolute Gasteiger partial charge is 0.340 e. The molecule has 0 unspecified atom stereocenters. The van der Waals surface area contributed by atoms with E-state index in [0.29, 0.717) is 11.5 Å². The molecule has 1 aromatic carbocycles. The van der Waals surface area contributed by atoms with Crippen molar-refractivity contribution in [3.63, 3.8) is 0 Å². The van der Waals surface area contributed by atoms with Crippen LogP contribution in [0, 0.1) is 19.8 Å². The third-order valence-corrected chi connectivity index (χ3v) is 5.26. The summed E-state index contributed by atoms with van der Waals surface area (Å²) in [5.74, 6) is -0.824. The molecular formula is C23H28N6O4. The summed E-state index contributed by atoms with van der Waals surface area (Å²) in [5.41, 5.74) is 2.84. The number of anilines is 1. The quantitative estimate of drug-likeness (QED) is 0.371. The van der Waals surface area contributed by atoms with Gasteiger partial charge in [-0.1, -0.05) is 26.0 Å². The van der Waals surface area contributed by atoms with Crippen LogP contribution in [0.15, 0.2) is 36.7 Å². The van der Waals surface area contributed by atoms with Crippen molar-refractivity contribution in [1.82, 2.24) is 24.8 Å². The molecule has 0 aliphatic carbocycles. The van der Waals surface area contributed by atoms with Crippen molar-refractivity contribution in [2.24, 2.45) is 5.92 Å². The van der Waals surface area contributed by atoms with Crippen LogP contribution in [-0.2, 0) is 22.6 Å². The van der Waals surface area contributed by atoms with Crippen LogP contribution in [0.5, 0.6) is 0 Å². The molecule has 1 amide bonds. The van der Waals surface area contributed by atoms with Gasteiger partial charge in [0.2, 0.25) is 11.7 Å². The molecular weight excluding hydrogens is 424 g/mol. The largest absolute Gasteiger partial charge is 0.454 e. The number of aryl methyl sites for hydroxylation is 1. The predicted octanol–water partition coefficient (Wildman–Crippen LogP) is 2.82. The first kappa shape index (κ1) is 23.8. The number of Topliss-reactive ketones (excluding diaryl/α,β-unsaturated/α-hetero) is 1. The molecule has 0 aliphatic heterocycles. The van der Waals surface area contributed by atoms with E-state index >= 15 is 0 Å². The molecule has 2 aromatic heterocycles. The summed E-state index contributed by atoms with van der Waals surface area (Å²) < 4.78 is 8.66. The summed E-state index contributed by atoms with van der Waals surface area (Å²) >= 11 is 0. The van der Waals surface area contributed by atoms with Gasteiger partial charge in [0.25, 0.3) is 0 Å². The van der Waals surface area contributed by atoms with Crippen LogP contribution in [0.25, 0.3) is 0 Å². The lowest BCUT2D eigenvalue weighted by molar-refractivity contribution is -0.116. The minimum atomic E-state index is -0.699. The Balaban J connectivity index is 1.64. The third kappa shape index (κ3) is 6.12. The number of hydrogen-bond donors (Lipinski definition) is 1. The predicted molar refractivity (Wildman–Crippen MR) is 121 cm³/mol. The van der Waals surface area contributed by atoms with E-state index in [4.69, 9.17) is 4.74 Å². The van der Waals surface area contributed by atoms with Gasteiger partial charge >= 0.3 is 5.97 Å². The summed E-state index contributed by atoms with van der Waals surface area (Å²) in [5, 5.41) is 13.2. The summed E-state index contributed by atoms with van der Waals surface area (Å²) in [6.07, 6.45) is 2.32. The zero-order valence-electron chi connectivity index (χ0n) is 19.2. The van der Waals surface area contributed by atoms with Crippen molar-refractivity contribution < 1.29 is 19.1 Å². The van der Waals surface area contributed by atoms with Crippen molar-refractivity contribution in [2.45, 2.75) is 47.2 Å². The van der Waals surface area contributed by atoms with Gasteiger partial charge in [0.1, 0.15) is 12.9 Å². The van der Waals surface area contributed by atoms with Gasteiger partial charge in [-0.05, 0) is 54.8 Å². The maximum Gasteiger partial charge on any atom is 0.340 e. The number of ether oxygens (including phenoxy) is 1. The van der Waals surface area contributed by atoms with Crippen LogP contribution < -0.4 is 5.32 Å². The number of rotatable bonds is 10. The molecule has 1 N–H and O–H groups in total. The van der Waals surface area contributed by atoms with Gasteiger partial charge in [-0.3, -0.25) is 9.59 Å². The topological polar surface area (TPSA) is 121 Å². The molecule has 10 heteroatoms. The maximum atomic E-state index is 12.8. The van der Waals surface area contributed by atoms with Gasteiger partial charge in [0.05, 0.1) is 11.3 Å². The third-order valence-electron chi connectivity index (χ3n) is 5.26. The van der Waals surface area contributed by atoms with E-state index in [0.717, 1.165) is 24.4 Å². The number of tetrazole rings is 1. The number of carbonyl (C=O) groups excluding carboxylic acids is 3. The number of nitrogens with one attached hydrogen (secondary N) is 1. The summed E-state index contributed by atoms with van der Waals surface area (Å²) in [6, 6.07) is 8.27. The highest BCUT2D eigenvalue weighted by atomic mass is 16.5. The van der Waals surface area contributed by atoms with Crippen molar-refractivity contribution in [1.29, 1.82) is 0 Å². The van der Waals surface area contributed by atoms with E-state index in [-0.39, 0.29) is 30.2 Å². The number of benzene rings is 1. The second kappa shape index (κ2) is 10.7. The lowest BCUT2D eigenvalue weighted by Crippen LogP contribution is -2.21. The highest BCUT2D eigenvalue weighted by molar-refractivity contribution is 6.03. The van der Waals surface area contributed by atoms with Crippen molar-refractivity contribution in [2.75, 3.05) is 11.9 Å². The van der Waals surface area contributed by atoms with Gasteiger partial charge in [-0.2, -0.15) is 0 Å². The first-order chi connectivity index (χ1) is 15.8. The second-order valence-corrected chi connectivity index (χ2v) is 8.22. The zero-order chi connectivity index (χ0) is 24.0. The molecule has 0 bridgehead atoms. The van der Waals surface area contributed by atoms with Gasteiger partial charge in [0, 0.05) is 23.5 Å². The zero-order valence-corrected chi connectivity index (χ0v) is 19.2. The Morgan fingerprint density at radius 3 is 2.58 bits per heavy atom. The lowest BCUT2D eigenvalue weighted by atomic mass is 10.1. The van der Waals surface area contributed by atoms with Crippen LogP contribution >= 0.6 is 0 Å². The van der Waals surface area contributed by atoms with Crippen molar-refractivity contribution in [3.05, 3.63) is 59.2 Å². The Kier molecular flexibility index (Phi) is 7.70. The fourth-order valence-electron chi connectivity index (χ4n) is 3.46. The van der Waals surface area contributed by atoms with Crippen LogP contribution in [0.3, 0.4) is 0 Å². The number of carbonyl (C=O) groups is 3. The molecule has 2 heterocycles. The Hall–Kier alpha value is -3.82. The summed E-state index contributed by atoms with van der Waals surface area (Å²) in [6.45, 7) is 8.52. The van der Waals surface area contributed by atoms with E-state index < -0.39 is 11.9 Å². The molecule has 0 aliphatic rings. The van der Waals surface area contributed by atoms with E-state index in [1.807, 2.05) is 19.9 Å². The summed E-state index contributed by atoms with van der Waals surface area (Å²) in [7, 11) is 0. The SMILES string of the molecule is Cc1cc(C(=O)COC(=O)c2ccccc2NC(=O)Cn2cnnn2)c(C)n1CCC(C)C. The molecule has 0 saturated carbocycles. The maximum absolute atomic E-state index is 12.8. The fourth-order valence-corrected chi connectivity index (χ4v) is 3.46. The Morgan fingerprint density at radius 2 is 1.88 bits per heavy atom. The van der Waals surface area contributed by atoms with Crippen molar-refractivity contribution in [3.8, 4) is 0 Å². The second-order valence-electron chi connectivity index (χ2n) is 8.22. The van der Waals surface area contributed by atoms with E-state index in [2.05, 4.69) is 39.3 Å². The van der Waals surface area contributed by atoms with Gasteiger partial charge in [-0.15, -0.1) is 5.10 Å². The average molecular weight is 453 g/mol. The number of hydrogen-bond acceptors (Lipinski definition) is 7. The average Bonchev–Trinajstić information content (AvgIpc) is 3.38. The molecule has 0 atom stereocenters. The lowest BCUT2D eigenvalue weighted by Gasteiger charge is -2.12. The number of para-hydroxylation sites is 1. The number of amides is 1. The molecule has 10 nitrogen and oxygen atoms in total. The first-order valence-electron chi connectivity index (χ1n) is 10.7. The van der Waals surface area contributed by atoms with E-state index in [1.54, 1.807) is 18.2 Å². The monoisotopic (exact) mass is 452 g/mol. The van der Waals surface area contributed by atoms with Crippen LogP contribution in [0.1, 0.15) is 52.4 Å². The Bertz CT molecular complexity index is 1130. The number of aromatic nitrogens is 5. The van der Waals surface area contributed by atoms with Crippen LogP contribution in [-0.4, -0.2) is 49.0 Å². The molecule has 0 saturated heterocycles. The number of nitrogens with zero attached hydrogens (tertiary/aromatic N) is 5. The molecule has 3 aromatic rings. The van der Waals surface area contributed by atoms with Crippen LogP contribution in [0.2, 0.25) is 0 Å². The fraction of sp³-hybridized carbons (Fsp3) is 0.391. The standard InChI is InChI=1S/C23H28N6O4/c1-15(2)9-10-29-16(3)11-19(17(29)4)21(30)13-33-23(32)18-7-5-6-8-20(18)25-22(31)12-28-14-24-26-27-28/h5-8,11,14-15H,9-10,12-13H2,1-4H3,(H,25,31). The highest BCUT2D eigenvalue weighted by Crippen LogP contribution is 2.19. The van der Waals surface area contributed by atoms with Gasteiger partial charge in [-0.25, -0.2) is 9.48 Å². The molecule has 0 radical (unpaired) electrons. The number of ketones is 1. The molecule has 0 fully saturated rings. The van der Waals surface area contributed by atoms with Gasteiger partial charge < -0.3 is 14.6 Å². The van der Waals surface area contributed by atoms with Crippen molar-refractivity contribution >= 4 is 23.3 Å². The Morgan fingerprint density at radius 1 is 1.12 bits per heavy atom. The molecule has 0 spiro atoms. The molecule has 174 valence electrons. The normalized spacial score (nSPS) is 10.9. The molecule has 33 heavy (non-hydrogen) atoms. The minimum absolute atomic E-state index is 0.110.